The standard InChI is InChI=1S/C12H18BrN3O/c1-9(2)16(3)8-7-14-12(17)10-5-4-6-11(13)15-10/h4-6,9H,7-8H2,1-3H3,(H,14,17). The van der Waals surface area contributed by atoms with E-state index in [9.17, 15) is 4.79 Å². The summed E-state index contributed by atoms with van der Waals surface area (Å²) in [6, 6.07) is 5.78. The van der Waals surface area contributed by atoms with Gasteiger partial charge >= 0.3 is 0 Å². The number of likely N-dealkylation sites (N-methyl/N-ethyl adjacent to an activating group) is 1. The largest absolute Gasteiger partial charge is 0.349 e. The van der Waals surface area contributed by atoms with E-state index in [4.69, 9.17) is 0 Å². The van der Waals surface area contributed by atoms with Crippen LogP contribution in [0.5, 0.6) is 0 Å². The number of amides is 1. The molecule has 0 aromatic carbocycles. The van der Waals surface area contributed by atoms with Gasteiger partial charge in [-0.2, -0.15) is 0 Å². The van der Waals surface area contributed by atoms with Crippen molar-refractivity contribution in [2.45, 2.75) is 19.9 Å². The van der Waals surface area contributed by atoms with Gasteiger partial charge in [0.2, 0.25) is 0 Å². The Hall–Kier alpha value is -0.940. The maximum Gasteiger partial charge on any atom is 0.269 e. The lowest BCUT2D eigenvalue weighted by atomic mass is 10.3. The average Bonchev–Trinajstić information content (AvgIpc) is 2.28. The van der Waals surface area contributed by atoms with E-state index in [1.807, 2.05) is 7.05 Å². The number of hydrogen-bond acceptors (Lipinski definition) is 3. The maximum absolute atomic E-state index is 11.7. The fourth-order valence-corrected chi connectivity index (χ4v) is 1.57. The summed E-state index contributed by atoms with van der Waals surface area (Å²) in [4.78, 5) is 18.0. The number of carbonyl (C=O) groups excluding carboxylic acids is 1. The Kier molecular flexibility index (Phi) is 5.58. The Morgan fingerprint density at radius 3 is 2.82 bits per heavy atom. The second-order valence-corrected chi connectivity index (χ2v) is 4.99. The Morgan fingerprint density at radius 2 is 2.24 bits per heavy atom. The summed E-state index contributed by atoms with van der Waals surface area (Å²) < 4.78 is 0.671. The van der Waals surface area contributed by atoms with Crippen LogP contribution < -0.4 is 5.32 Å². The zero-order valence-electron chi connectivity index (χ0n) is 10.4. The van der Waals surface area contributed by atoms with E-state index < -0.39 is 0 Å². The van der Waals surface area contributed by atoms with Gasteiger partial charge in [0.1, 0.15) is 10.3 Å². The molecule has 4 nitrogen and oxygen atoms in total. The maximum atomic E-state index is 11.7. The lowest BCUT2D eigenvalue weighted by Gasteiger charge is -2.20. The van der Waals surface area contributed by atoms with Crippen LogP contribution in [0.15, 0.2) is 22.8 Å². The van der Waals surface area contributed by atoms with Gasteiger partial charge in [0.05, 0.1) is 0 Å². The molecule has 0 fully saturated rings. The molecule has 0 aliphatic heterocycles. The predicted octanol–water partition coefficient (Wildman–Crippen LogP) is 1.91. The lowest BCUT2D eigenvalue weighted by molar-refractivity contribution is 0.0943. The van der Waals surface area contributed by atoms with Gasteiger partial charge in [0, 0.05) is 19.1 Å². The summed E-state index contributed by atoms with van der Waals surface area (Å²) in [5.74, 6) is -0.136. The fourth-order valence-electron chi connectivity index (χ4n) is 1.23. The number of halogens is 1. The van der Waals surface area contributed by atoms with E-state index in [0.29, 0.717) is 22.9 Å². The molecule has 0 saturated carbocycles. The van der Waals surface area contributed by atoms with Gasteiger partial charge in [-0.3, -0.25) is 4.79 Å². The van der Waals surface area contributed by atoms with Crippen LogP contribution in [-0.4, -0.2) is 42.0 Å². The summed E-state index contributed by atoms with van der Waals surface area (Å²) in [7, 11) is 2.04. The second-order valence-electron chi connectivity index (χ2n) is 4.18. The zero-order chi connectivity index (χ0) is 12.8. The molecule has 5 heteroatoms. The minimum atomic E-state index is -0.136. The van der Waals surface area contributed by atoms with Crippen molar-refractivity contribution in [1.82, 2.24) is 15.2 Å². The molecule has 0 aliphatic carbocycles. The van der Waals surface area contributed by atoms with Crippen LogP contribution in [0, 0.1) is 0 Å². The number of hydrogen-bond donors (Lipinski definition) is 1. The van der Waals surface area contributed by atoms with E-state index in [2.05, 4.69) is 45.0 Å². The van der Waals surface area contributed by atoms with Gasteiger partial charge in [0.25, 0.3) is 5.91 Å². The second kappa shape index (κ2) is 6.71. The van der Waals surface area contributed by atoms with Gasteiger partial charge in [-0.1, -0.05) is 6.07 Å². The first-order valence-corrected chi connectivity index (χ1v) is 6.41. The molecule has 0 atom stereocenters. The van der Waals surface area contributed by atoms with Crippen molar-refractivity contribution >= 4 is 21.8 Å². The third kappa shape index (κ3) is 4.83. The van der Waals surface area contributed by atoms with Crippen molar-refractivity contribution in [3.05, 3.63) is 28.5 Å². The summed E-state index contributed by atoms with van der Waals surface area (Å²) in [5, 5.41) is 2.85. The van der Waals surface area contributed by atoms with Crippen LogP contribution in [0.4, 0.5) is 0 Å². The molecular formula is C12H18BrN3O. The van der Waals surface area contributed by atoms with Crippen LogP contribution in [0.2, 0.25) is 0 Å². The van der Waals surface area contributed by atoms with Gasteiger partial charge in [0.15, 0.2) is 0 Å². The molecule has 0 spiro atoms. The first-order chi connectivity index (χ1) is 8.00. The molecule has 0 unspecified atom stereocenters. The van der Waals surface area contributed by atoms with E-state index in [1.54, 1.807) is 18.2 Å². The molecular weight excluding hydrogens is 282 g/mol. The average molecular weight is 300 g/mol. The van der Waals surface area contributed by atoms with Crippen LogP contribution in [0.3, 0.4) is 0 Å². The van der Waals surface area contributed by atoms with E-state index in [1.165, 1.54) is 0 Å². The van der Waals surface area contributed by atoms with Crippen molar-refractivity contribution in [2.24, 2.45) is 0 Å². The SMILES string of the molecule is CC(C)N(C)CCNC(=O)c1cccc(Br)n1. The molecule has 0 radical (unpaired) electrons. The highest BCUT2D eigenvalue weighted by Crippen LogP contribution is 2.05. The Labute approximate surface area is 111 Å². The van der Waals surface area contributed by atoms with E-state index in [0.717, 1.165) is 6.54 Å². The number of nitrogens with one attached hydrogen (secondary N) is 1. The molecule has 1 amide bonds. The number of carbonyl (C=O) groups is 1. The van der Waals surface area contributed by atoms with Crippen LogP contribution in [0.1, 0.15) is 24.3 Å². The first kappa shape index (κ1) is 14.1. The van der Waals surface area contributed by atoms with E-state index in [-0.39, 0.29) is 5.91 Å². The monoisotopic (exact) mass is 299 g/mol. The molecule has 17 heavy (non-hydrogen) atoms. The number of rotatable bonds is 5. The smallest absolute Gasteiger partial charge is 0.269 e. The molecule has 0 bridgehead atoms. The van der Waals surface area contributed by atoms with Crippen molar-refractivity contribution in [3.63, 3.8) is 0 Å². The van der Waals surface area contributed by atoms with Crippen molar-refractivity contribution < 1.29 is 4.79 Å². The zero-order valence-corrected chi connectivity index (χ0v) is 12.0. The topological polar surface area (TPSA) is 45.2 Å². The molecule has 1 N–H and O–H groups in total. The van der Waals surface area contributed by atoms with Gasteiger partial charge in [-0.25, -0.2) is 4.98 Å². The van der Waals surface area contributed by atoms with Crippen LogP contribution >= 0.6 is 15.9 Å². The van der Waals surface area contributed by atoms with Crippen molar-refractivity contribution in [3.8, 4) is 0 Å². The normalized spacial score (nSPS) is 10.9. The highest BCUT2D eigenvalue weighted by molar-refractivity contribution is 9.10. The first-order valence-electron chi connectivity index (χ1n) is 5.61. The number of nitrogens with zero attached hydrogens (tertiary/aromatic N) is 2. The van der Waals surface area contributed by atoms with Crippen molar-refractivity contribution in [1.29, 1.82) is 0 Å². The third-order valence-electron chi connectivity index (χ3n) is 2.58. The summed E-state index contributed by atoms with van der Waals surface area (Å²) >= 11 is 3.24. The molecule has 1 heterocycles. The van der Waals surface area contributed by atoms with E-state index >= 15 is 0 Å². The third-order valence-corrected chi connectivity index (χ3v) is 3.02. The Morgan fingerprint density at radius 1 is 1.53 bits per heavy atom. The minimum absolute atomic E-state index is 0.136. The molecule has 94 valence electrons. The number of aromatic nitrogens is 1. The Bertz CT molecular complexity index is 382. The van der Waals surface area contributed by atoms with Gasteiger partial charge in [-0.05, 0) is 49.0 Å². The van der Waals surface area contributed by atoms with Gasteiger partial charge < -0.3 is 10.2 Å². The highest BCUT2D eigenvalue weighted by Gasteiger charge is 2.08. The lowest BCUT2D eigenvalue weighted by Crippen LogP contribution is -2.36. The highest BCUT2D eigenvalue weighted by atomic mass is 79.9. The van der Waals surface area contributed by atoms with Crippen LogP contribution in [0.25, 0.3) is 0 Å². The molecule has 0 saturated heterocycles. The summed E-state index contributed by atoms with van der Waals surface area (Å²) in [6.07, 6.45) is 0. The minimum Gasteiger partial charge on any atom is -0.349 e. The van der Waals surface area contributed by atoms with Crippen LogP contribution in [-0.2, 0) is 0 Å². The van der Waals surface area contributed by atoms with Crippen molar-refractivity contribution in [2.75, 3.05) is 20.1 Å². The van der Waals surface area contributed by atoms with Gasteiger partial charge in [-0.15, -0.1) is 0 Å². The quantitative estimate of drug-likeness (QED) is 0.845. The summed E-state index contributed by atoms with van der Waals surface area (Å²) in [6.45, 7) is 5.70. The predicted molar refractivity (Wildman–Crippen MR) is 72.0 cm³/mol. The molecule has 1 rings (SSSR count). The summed E-state index contributed by atoms with van der Waals surface area (Å²) in [5.41, 5.74) is 0.437. The number of pyridine rings is 1. The Balaban J connectivity index is 2.40. The molecule has 1 aromatic rings. The molecule has 0 aliphatic rings. The molecule has 1 aromatic heterocycles. The fraction of sp³-hybridized carbons (Fsp3) is 0.500.